The highest BCUT2D eigenvalue weighted by atomic mass is 79.9. The third-order valence-electron chi connectivity index (χ3n) is 3.82. The molecule has 1 aromatic carbocycles. The van der Waals surface area contributed by atoms with Crippen molar-refractivity contribution in [2.45, 2.75) is 18.9 Å². The molecular weight excluding hydrogens is 320 g/mol. The van der Waals surface area contributed by atoms with Crippen LogP contribution in [0.25, 0.3) is 10.8 Å². The number of halogens is 1. The molecule has 0 amide bonds. The molecule has 5 heteroatoms. The zero-order chi connectivity index (χ0) is 13.5. The summed E-state index contributed by atoms with van der Waals surface area (Å²) < 4.78 is 11.0. The number of hydrogen-bond donors (Lipinski definition) is 0. The molecule has 2 heterocycles. The molecule has 1 aromatic heterocycles. The lowest BCUT2D eigenvalue weighted by atomic mass is 10.1. The Hall–Kier alpha value is -1.49. The number of fused-ring (bicyclic) bond motifs is 2. The van der Waals surface area contributed by atoms with Gasteiger partial charge < -0.3 is 14.4 Å². The lowest BCUT2D eigenvalue weighted by molar-refractivity contribution is 0.174. The minimum atomic E-state index is 0.308. The topological polar surface area (TPSA) is 34.6 Å². The molecule has 1 aliphatic carbocycles. The fourth-order valence-corrected chi connectivity index (χ4v) is 3.10. The van der Waals surface area contributed by atoms with Gasteiger partial charge in [0.2, 0.25) is 6.79 Å². The Morgan fingerprint density at radius 1 is 1.25 bits per heavy atom. The van der Waals surface area contributed by atoms with E-state index < -0.39 is 0 Å². The molecule has 4 nitrogen and oxygen atoms in total. The van der Waals surface area contributed by atoms with Crippen LogP contribution in [0.5, 0.6) is 11.5 Å². The first-order valence-electron chi connectivity index (χ1n) is 6.88. The number of benzene rings is 1. The first kappa shape index (κ1) is 12.3. The van der Waals surface area contributed by atoms with E-state index >= 15 is 0 Å². The number of nitrogens with zero attached hydrogens (tertiary/aromatic N) is 2. The number of pyridine rings is 1. The monoisotopic (exact) mass is 334 g/mol. The van der Waals surface area contributed by atoms with Crippen LogP contribution in [0.2, 0.25) is 0 Å². The van der Waals surface area contributed by atoms with Crippen molar-refractivity contribution in [2.24, 2.45) is 0 Å². The molecule has 0 unspecified atom stereocenters. The van der Waals surface area contributed by atoms with Gasteiger partial charge in [0.05, 0.1) is 0 Å². The minimum absolute atomic E-state index is 0.308. The van der Waals surface area contributed by atoms with Crippen LogP contribution in [0.3, 0.4) is 0 Å². The minimum Gasteiger partial charge on any atom is -0.454 e. The van der Waals surface area contributed by atoms with Gasteiger partial charge in [-0.1, -0.05) is 15.9 Å². The molecule has 0 radical (unpaired) electrons. The Morgan fingerprint density at radius 3 is 2.80 bits per heavy atom. The van der Waals surface area contributed by atoms with E-state index in [9.17, 15) is 0 Å². The van der Waals surface area contributed by atoms with Crippen LogP contribution >= 0.6 is 15.9 Å². The van der Waals surface area contributed by atoms with E-state index in [0.717, 1.165) is 40.0 Å². The van der Waals surface area contributed by atoms with Crippen molar-refractivity contribution in [1.82, 2.24) is 4.98 Å². The van der Waals surface area contributed by atoms with Gasteiger partial charge in [-0.15, -0.1) is 0 Å². The van der Waals surface area contributed by atoms with Crippen LogP contribution < -0.4 is 14.4 Å². The molecule has 0 spiro atoms. The predicted octanol–water partition coefficient (Wildman–Crippen LogP) is 3.33. The van der Waals surface area contributed by atoms with Gasteiger partial charge in [0, 0.05) is 29.5 Å². The van der Waals surface area contributed by atoms with Crippen LogP contribution in [0.15, 0.2) is 24.4 Å². The van der Waals surface area contributed by atoms with Crippen molar-refractivity contribution in [1.29, 1.82) is 0 Å². The summed E-state index contributed by atoms with van der Waals surface area (Å²) in [6.07, 6.45) is 4.40. The molecule has 104 valence electrons. The van der Waals surface area contributed by atoms with Gasteiger partial charge >= 0.3 is 0 Å². The molecule has 0 N–H and O–H groups in total. The SMILES string of the molecule is BrCCN(c1nccc2cc3c(cc12)OCO3)C1CC1. The fourth-order valence-electron chi connectivity index (χ4n) is 2.71. The van der Waals surface area contributed by atoms with E-state index in [1.807, 2.05) is 18.3 Å². The van der Waals surface area contributed by atoms with Crippen LogP contribution in [-0.4, -0.2) is 29.7 Å². The Labute approximate surface area is 125 Å². The van der Waals surface area contributed by atoms with Crippen molar-refractivity contribution in [3.8, 4) is 11.5 Å². The van der Waals surface area contributed by atoms with E-state index in [1.165, 1.54) is 12.8 Å². The Balaban J connectivity index is 1.85. The van der Waals surface area contributed by atoms with E-state index in [0.29, 0.717) is 12.8 Å². The normalized spacial score (nSPS) is 16.6. The van der Waals surface area contributed by atoms with Crippen LogP contribution in [-0.2, 0) is 0 Å². The summed E-state index contributed by atoms with van der Waals surface area (Å²) in [6, 6.07) is 6.77. The highest BCUT2D eigenvalue weighted by Gasteiger charge is 2.30. The molecule has 0 saturated heterocycles. The Bertz CT molecular complexity index is 658. The largest absolute Gasteiger partial charge is 0.454 e. The summed E-state index contributed by atoms with van der Waals surface area (Å²) in [5.41, 5.74) is 0. The summed E-state index contributed by atoms with van der Waals surface area (Å²) in [6.45, 7) is 1.29. The number of anilines is 1. The standard InChI is InChI=1S/C15H15BrN2O2/c16-4-6-18(11-1-2-11)15-12-8-14-13(19-9-20-14)7-10(12)3-5-17-15/h3,5,7-8,11H,1-2,4,6,9H2. The quantitative estimate of drug-likeness (QED) is 0.803. The Morgan fingerprint density at radius 2 is 2.05 bits per heavy atom. The number of aromatic nitrogens is 1. The van der Waals surface area contributed by atoms with Gasteiger partial charge in [-0.25, -0.2) is 4.98 Å². The molecule has 2 aliphatic rings. The molecular formula is C15H15BrN2O2. The van der Waals surface area contributed by atoms with Crippen molar-refractivity contribution in [3.63, 3.8) is 0 Å². The lowest BCUT2D eigenvalue weighted by Gasteiger charge is -2.24. The Kier molecular flexibility index (Phi) is 2.95. The molecule has 4 rings (SSSR count). The molecule has 20 heavy (non-hydrogen) atoms. The van der Waals surface area contributed by atoms with Gasteiger partial charge in [-0.3, -0.25) is 0 Å². The lowest BCUT2D eigenvalue weighted by Crippen LogP contribution is -2.28. The van der Waals surface area contributed by atoms with E-state index in [2.05, 4.69) is 31.9 Å². The second kappa shape index (κ2) is 4.81. The van der Waals surface area contributed by atoms with E-state index in [1.54, 1.807) is 0 Å². The maximum atomic E-state index is 5.50. The molecule has 1 saturated carbocycles. The van der Waals surface area contributed by atoms with Crippen LogP contribution in [0.4, 0.5) is 5.82 Å². The number of ether oxygens (including phenoxy) is 2. The molecule has 1 fully saturated rings. The second-order valence-corrected chi connectivity index (χ2v) is 5.97. The van der Waals surface area contributed by atoms with Gasteiger partial charge in [0.15, 0.2) is 11.5 Å². The summed E-state index contributed by atoms with van der Waals surface area (Å²) in [7, 11) is 0. The van der Waals surface area contributed by atoms with Crippen molar-refractivity contribution >= 4 is 32.5 Å². The second-order valence-electron chi connectivity index (χ2n) is 5.17. The van der Waals surface area contributed by atoms with Crippen molar-refractivity contribution in [2.75, 3.05) is 23.6 Å². The zero-order valence-corrected chi connectivity index (χ0v) is 12.6. The maximum Gasteiger partial charge on any atom is 0.231 e. The van der Waals surface area contributed by atoms with Gasteiger partial charge in [-0.05, 0) is 36.4 Å². The average Bonchev–Trinajstić information content (AvgIpc) is 3.20. The fraction of sp³-hybridized carbons (Fsp3) is 0.400. The molecule has 0 atom stereocenters. The van der Waals surface area contributed by atoms with Crippen molar-refractivity contribution < 1.29 is 9.47 Å². The average molecular weight is 335 g/mol. The molecule has 0 bridgehead atoms. The van der Waals surface area contributed by atoms with E-state index in [-0.39, 0.29) is 0 Å². The summed E-state index contributed by atoms with van der Waals surface area (Å²) in [4.78, 5) is 7.02. The first-order valence-corrected chi connectivity index (χ1v) is 8.00. The maximum absolute atomic E-state index is 5.50. The smallest absolute Gasteiger partial charge is 0.231 e. The first-order chi connectivity index (χ1) is 9.86. The van der Waals surface area contributed by atoms with Crippen LogP contribution in [0.1, 0.15) is 12.8 Å². The number of alkyl halides is 1. The third kappa shape index (κ3) is 2.00. The summed E-state index contributed by atoms with van der Waals surface area (Å²) >= 11 is 3.54. The number of rotatable bonds is 4. The highest BCUT2D eigenvalue weighted by molar-refractivity contribution is 9.09. The summed E-state index contributed by atoms with van der Waals surface area (Å²) in [5, 5.41) is 3.25. The van der Waals surface area contributed by atoms with Gasteiger partial charge in [0.25, 0.3) is 0 Å². The van der Waals surface area contributed by atoms with Crippen molar-refractivity contribution in [3.05, 3.63) is 24.4 Å². The zero-order valence-electron chi connectivity index (χ0n) is 11.0. The van der Waals surface area contributed by atoms with Gasteiger partial charge in [-0.2, -0.15) is 0 Å². The summed E-state index contributed by atoms with van der Waals surface area (Å²) in [5.74, 6) is 2.71. The van der Waals surface area contributed by atoms with E-state index in [4.69, 9.17) is 9.47 Å². The predicted molar refractivity (Wildman–Crippen MR) is 82.0 cm³/mol. The van der Waals surface area contributed by atoms with Gasteiger partial charge in [0.1, 0.15) is 5.82 Å². The highest BCUT2D eigenvalue weighted by Crippen LogP contribution is 2.40. The van der Waals surface area contributed by atoms with Crippen LogP contribution in [0, 0.1) is 0 Å². The molecule has 2 aromatic rings. The molecule has 1 aliphatic heterocycles. The third-order valence-corrected chi connectivity index (χ3v) is 4.18. The number of hydrogen-bond acceptors (Lipinski definition) is 4.